The summed E-state index contributed by atoms with van der Waals surface area (Å²) in [5, 5.41) is 6.35. The molecule has 1 saturated carbocycles. The molecule has 1 rings (SSSR count). The van der Waals surface area contributed by atoms with Crippen molar-refractivity contribution in [3.63, 3.8) is 0 Å². The second kappa shape index (κ2) is 5.85. The molecule has 0 aromatic carbocycles. The van der Waals surface area contributed by atoms with E-state index < -0.39 is 0 Å². The van der Waals surface area contributed by atoms with Crippen LogP contribution in [0.3, 0.4) is 0 Å². The van der Waals surface area contributed by atoms with Gasteiger partial charge in [0.15, 0.2) is 0 Å². The van der Waals surface area contributed by atoms with Gasteiger partial charge in [0.1, 0.15) is 0 Å². The Morgan fingerprint density at radius 3 is 2.41 bits per heavy atom. The molecule has 0 atom stereocenters. The maximum absolute atomic E-state index is 11.7. The van der Waals surface area contributed by atoms with Crippen molar-refractivity contribution in [2.75, 3.05) is 13.1 Å². The van der Waals surface area contributed by atoms with Gasteiger partial charge in [-0.25, -0.2) is 0 Å². The van der Waals surface area contributed by atoms with Gasteiger partial charge in [-0.2, -0.15) is 0 Å². The zero-order valence-electron chi connectivity index (χ0n) is 11.9. The predicted octanol–water partition coefficient (Wildman–Crippen LogP) is 2.46. The van der Waals surface area contributed by atoms with Crippen molar-refractivity contribution in [2.24, 2.45) is 5.41 Å². The molecule has 1 fully saturated rings. The summed E-state index contributed by atoms with van der Waals surface area (Å²) in [4.78, 5) is 11.7. The summed E-state index contributed by atoms with van der Waals surface area (Å²) in [5.74, 6) is 0.115. The molecule has 0 unspecified atom stereocenters. The van der Waals surface area contributed by atoms with Gasteiger partial charge < -0.3 is 10.6 Å². The van der Waals surface area contributed by atoms with E-state index in [-0.39, 0.29) is 11.4 Å². The smallest absolute Gasteiger partial charge is 0.234 e. The highest BCUT2D eigenvalue weighted by molar-refractivity contribution is 5.78. The van der Waals surface area contributed by atoms with E-state index in [4.69, 9.17) is 0 Å². The van der Waals surface area contributed by atoms with Crippen LogP contribution in [0.25, 0.3) is 0 Å². The zero-order chi connectivity index (χ0) is 12.9. The number of hydrogen-bond acceptors (Lipinski definition) is 2. The van der Waals surface area contributed by atoms with Gasteiger partial charge in [0.05, 0.1) is 6.54 Å². The monoisotopic (exact) mass is 240 g/mol. The quantitative estimate of drug-likeness (QED) is 0.684. The summed E-state index contributed by atoms with van der Waals surface area (Å²) in [6.45, 7) is 9.90. The third kappa shape index (κ3) is 5.07. The van der Waals surface area contributed by atoms with E-state index in [9.17, 15) is 4.79 Å². The number of rotatable bonds is 8. The first-order valence-electron chi connectivity index (χ1n) is 6.95. The number of amides is 1. The van der Waals surface area contributed by atoms with E-state index in [0.717, 1.165) is 13.0 Å². The second-order valence-corrected chi connectivity index (χ2v) is 6.14. The lowest BCUT2D eigenvalue weighted by Gasteiger charge is -2.25. The van der Waals surface area contributed by atoms with Crippen LogP contribution in [0, 0.1) is 5.41 Å². The van der Waals surface area contributed by atoms with Crippen LogP contribution in [0.1, 0.15) is 59.8 Å². The van der Waals surface area contributed by atoms with Crippen LogP contribution in [0.5, 0.6) is 0 Å². The Morgan fingerprint density at radius 2 is 1.94 bits per heavy atom. The van der Waals surface area contributed by atoms with Crippen LogP contribution in [0.15, 0.2) is 0 Å². The Kier molecular flexibility index (Phi) is 4.99. The molecule has 0 radical (unpaired) electrons. The lowest BCUT2D eigenvalue weighted by molar-refractivity contribution is -0.121. The van der Waals surface area contributed by atoms with Crippen LogP contribution in [-0.2, 0) is 4.79 Å². The SMILES string of the molecule is CCCC1(CNCC(=O)NC(C)(C)CC)CC1. The van der Waals surface area contributed by atoms with Crippen LogP contribution < -0.4 is 10.6 Å². The fourth-order valence-corrected chi connectivity index (χ4v) is 2.17. The number of carbonyl (C=O) groups is 1. The normalized spacial score (nSPS) is 17.9. The highest BCUT2D eigenvalue weighted by Gasteiger charge is 2.40. The molecule has 1 amide bonds. The predicted molar refractivity (Wildman–Crippen MR) is 72.0 cm³/mol. The minimum Gasteiger partial charge on any atom is -0.350 e. The summed E-state index contributed by atoms with van der Waals surface area (Å²) < 4.78 is 0. The lowest BCUT2D eigenvalue weighted by Crippen LogP contribution is -2.47. The van der Waals surface area contributed by atoms with Gasteiger partial charge in [-0.15, -0.1) is 0 Å². The summed E-state index contributed by atoms with van der Waals surface area (Å²) in [6, 6.07) is 0. The highest BCUT2D eigenvalue weighted by Crippen LogP contribution is 2.48. The van der Waals surface area contributed by atoms with E-state index >= 15 is 0 Å². The summed E-state index contributed by atoms with van der Waals surface area (Å²) in [6.07, 6.45) is 6.16. The molecule has 1 aliphatic carbocycles. The second-order valence-electron chi connectivity index (χ2n) is 6.14. The molecular formula is C14H28N2O. The average molecular weight is 240 g/mol. The van der Waals surface area contributed by atoms with Crippen molar-refractivity contribution in [1.82, 2.24) is 10.6 Å². The van der Waals surface area contributed by atoms with Crippen LogP contribution in [-0.4, -0.2) is 24.5 Å². The highest BCUT2D eigenvalue weighted by atomic mass is 16.2. The van der Waals surface area contributed by atoms with Crippen molar-refractivity contribution >= 4 is 5.91 Å². The van der Waals surface area contributed by atoms with Crippen LogP contribution >= 0.6 is 0 Å². The fraction of sp³-hybridized carbons (Fsp3) is 0.929. The van der Waals surface area contributed by atoms with E-state index in [2.05, 4.69) is 38.3 Å². The molecule has 100 valence electrons. The molecule has 0 aromatic rings. The molecule has 0 heterocycles. The molecule has 1 aliphatic rings. The number of hydrogen-bond donors (Lipinski definition) is 2. The van der Waals surface area contributed by atoms with Gasteiger partial charge in [0.2, 0.25) is 5.91 Å². The van der Waals surface area contributed by atoms with Gasteiger partial charge in [-0.05, 0) is 44.9 Å². The Morgan fingerprint density at radius 1 is 1.29 bits per heavy atom. The Labute approximate surface area is 106 Å². The molecule has 0 saturated heterocycles. The largest absolute Gasteiger partial charge is 0.350 e. The Bertz CT molecular complexity index is 257. The standard InChI is InChI=1S/C14H28N2O/c1-5-7-14(8-9-14)11-15-10-12(17)16-13(3,4)6-2/h15H,5-11H2,1-4H3,(H,16,17). The number of carbonyl (C=O) groups excluding carboxylic acids is 1. The minimum absolute atomic E-state index is 0.0839. The van der Waals surface area contributed by atoms with E-state index in [0.29, 0.717) is 12.0 Å². The van der Waals surface area contributed by atoms with Gasteiger partial charge >= 0.3 is 0 Å². The minimum atomic E-state index is -0.0839. The molecule has 0 aromatic heterocycles. The van der Waals surface area contributed by atoms with Gasteiger partial charge in [-0.3, -0.25) is 4.79 Å². The van der Waals surface area contributed by atoms with E-state index in [1.165, 1.54) is 25.7 Å². The zero-order valence-corrected chi connectivity index (χ0v) is 11.9. The van der Waals surface area contributed by atoms with Crippen molar-refractivity contribution in [3.8, 4) is 0 Å². The Balaban J connectivity index is 2.16. The summed E-state index contributed by atoms with van der Waals surface area (Å²) >= 11 is 0. The first-order chi connectivity index (χ1) is 7.93. The van der Waals surface area contributed by atoms with Gasteiger partial charge in [0.25, 0.3) is 0 Å². The third-order valence-corrected chi connectivity index (χ3v) is 3.88. The van der Waals surface area contributed by atoms with Crippen molar-refractivity contribution in [1.29, 1.82) is 0 Å². The third-order valence-electron chi connectivity index (χ3n) is 3.88. The maximum atomic E-state index is 11.7. The van der Waals surface area contributed by atoms with Crippen molar-refractivity contribution < 1.29 is 4.79 Å². The van der Waals surface area contributed by atoms with E-state index in [1.807, 2.05) is 0 Å². The number of nitrogens with one attached hydrogen (secondary N) is 2. The molecule has 0 spiro atoms. The van der Waals surface area contributed by atoms with Crippen LogP contribution in [0.2, 0.25) is 0 Å². The van der Waals surface area contributed by atoms with Gasteiger partial charge in [0, 0.05) is 12.1 Å². The Hall–Kier alpha value is -0.570. The lowest BCUT2D eigenvalue weighted by atomic mass is 10.0. The average Bonchev–Trinajstić information content (AvgIpc) is 2.98. The fourth-order valence-electron chi connectivity index (χ4n) is 2.17. The van der Waals surface area contributed by atoms with E-state index in [1.54, 1.807) is 0 Å². The van der Waals surface area contributed by atoms with Crippen molar-refractivity contribution in [3.05, 3.63) is 0 Å². The molecule has 2 N–H and O–H groups in total. The first-order valence-corrected chi connectivity index (χ1v) is 6.95. The summed E-state index contributed by atoms with van der Waals surface area (Å²) in [5.41, 5.74) is 0.439. The molecule has 0 aliphatic heterocycles. The van der Waals surface area contributed by atoms with Crippen LogP contribution in [0.4, 0.5) is 0 Å². The summed E-state index contributed by atoms with van der Waals surface area (Å²) in [7, 11) is 0. The molecule has 17 heavy (non-hydrogen) atoms. The first kappa shape index (κ1) is 14.5. The molecule has 3 nitrogen and oxygen atoms in total. The molecule has 0 bridgehead atoms. The maximum Gasteiger partial charge on any atom is 0.234 e. The molecule has 3 heteroatoms. The van der Waals surface area contributed by atoms with Gasteiger partial charge in [-0.1, -0.05) is 20.3 Å². The molecular weight excluding hydrogens is 212 g/mol. The topological polar surface area (TPSA) is 41.1 Å². The van der Waals surface area contributed by atoms with Crippen molar-refractivity contribution in [2.45, 2.75) is 65.3 Å².